The van der Waals surface area contributed by atoms with E-state index in [4.69, 9.17) is 27.9 Å². The van der Waals surface area contributed by atoms with Gasteiger partial charge in [0.15, 0.2) is 0 Å². The highest BCUT2D eigenvalue weighted by Crippen LogP contribution is 2.23. The lowest BCUT2D eigenvalue weighted by molar-refractivity contribution is -0.116. The molecule has 0 saturated carbocycles. The van der Waals surface area contributed by atoms with Crippen LogP contribution in [-0.2, 0) is 16.0 Å². The van der Waals surface area contributed by atoms with Crippen molar-refractivity contribution in [1.82, 2.24) is 0 Å². The maximum absolute atomic E-state index is 12.1. The molecule has 0 aliphatic heterocycles. The molecule has 0 radical (unpaired) electrons. The number of rotatable bonds is 6. The summed E-state index contributed by atoms with van der Waals surface area (Å²) in [4.78, 5) is 24.0. The first-order chi connectivity index (χ1) is 11.5. The predicted octanol–water partition coefficient (Wildman–Crippen LogP) is 4.74. The molecule has 2 aromatic rings. The molecule has 24 heavy (non-hydrogen) atoms. The first kappa shape index (κ1) is 18.3. The lowest BCUT2D eigenvalue weighted by atomic mass is 10.1. The van der Waals surface area contributed by atoms with E-state index in [-0.39, 0.29) is 18.9 Å². The fourth-order valence-corrected chi connectivity index (χ4v) is 2.47. The Hall–Kier alpha value is -2.04. The number of anilines is 1. The van der Waals surface area contributed by atoms with Crippen LogP contribution in [0.25, 0.3) is 0 Å². The van der Waals surface area contributed by atoms with Gasteiger partial charge in [-0.1, -0.05) is 41.4 Å². The van der Waals surface area contributed by atoms with Crippen LogP contribution >= 0.6 is 23.2 Å². The van der Waals surface area contributed by atoms with Gasteiger partial charge in [-0.15, -0.1) is 0 Å². The van der Waals surface area contributed by atoms with Crippen LogP contribution in [0.3, 0.4) is 0 Å². The van der Waals surface area contributed by atoms with Crippen LogP contribution in [-0.4, -0.2) is 18.5 Å². The van der Waals surface area contributed by atoms with Gasteiger partial charge in [0.1, 0.15) is 0 Å². The maximum Gasteiger partial charge on any atom is 0.340 e. The van der Waals surface area contributed by atoms with Crippen LogP contribution in [0.1, 0.15) is 29.3 Å². The van der Waals surface area contributed by atoms with Gasteiger partial charge >= 0.3 is 5.97 Å². The number of ether oxygens (including phenoxy) is 1. The van der Waals surface area contributed by atoms with Gasteiger partial charge in [0.25, 0.3) is 0 Å². The van der Waals surface area contributed by atoms with E-state index < -0.39 is 5.97 Å². The number of amides is 1. The molecule has 126 valence electrons. The van der Waals surface area contributed by atoms with Crippen molar-refractivity contribution in [3.05, 3.63) is 63.6 Å². The fraction of sp³-hybridized carbons (Fsp3) is 0.222. The average Bonchev–Trinajstić information content (AvgIpc) is 2.56. The molecular formula is C18H17Cl2NO3. The lowest BCUT2D eigenvalue weighted by Crippen LogP contribution is -2.16. The summed E-state index contributed by atoms with van der Waals surface area (Å²) in [6, 6.07) is 12.0. The zero-order chi connectivity index (χ0) is 17.5. The topological polar surface area (TPSA) is 55.4 Å². The summed E-state index contributed by atoms with van der Waals surface area (Å²) < 4.78 is 4.99. The smallest absolute Gasteiger partial charge is 0.340 e. The van der Waals surface area contributed by atoms with E-state index in [0.717, 1.165) is 5.56 Å². The molecule has 0 aliphatic rings. The second-order valence-corrected chi connectivity index (χ2v) is 5.88. The molecule has 0 spiro atoms. The summed E-state index contributed by atoms with van der Waals surface area (Å²) in [6.07, 6.45) is 0.777. The van der Waals surface area contributed by atoms with Crippen LogP contribution in [0.4, 0.5) is 5.69 Å². The second-order valence-electron chi connectivity index (χ2n) is 5.06. The molecule has 1 amide bonds. The minimum atomic E-state index is -0.460. The van der Waals surface area contributed by atoms with Crippen molar-refractivity contribution in [2.75, 3.05) is 11.9 Å². The first-order valence-corrected chi connectivity index (χ1v) is 8.26. The Kier molecular flexibility index (Phi) is 6.64. The van der Waals surface area contributed by atoms with Gasteiger partial charge in [0.2, 0.25) is 5.91 Å². The second kappa shape index (κ2) is 8.71. The monoisotopic (exact) mass is 365 g/mol. The highest BCUT2D eigenvalue weighted by atomic mass is 35.5. The fourth-order valence-electron chi connectivity index (χ4n) is 2.14. The normalized spacial score (nSPS) is 10.3. The third-order valence-electron chi connectivity index (χ3n) is 3.32. The number of esters is 1. The van der Waals surface area contributed by atoms with Crippen molar-refractivity contribution < 1.29 is 14.3 Å². The molecule has 0 fully saturated rings. The van der Waals surface area contributed by atoms with Gasteiger partial charge in [-0.25, -0.2) is 4.79 Å². The molecule has 0 heterocycles. The van der Waals surface area contributed by atoms with Gasteiger partial charge in [-0.3, -0.25) is 4.79 Å². The van der Waals surface area contributed by atoms with Gasteiger partial charge in [0, 0.05) is 6.42 Å². The van der Waals surface area contributed by atoms with Gasteiger partial charge in [-0.2, -0.15) is 0 Å². The molecule has 0 aromatic heterocycles. The van der Waals surface area contributed by atoms with E-state index in [1.807, 2.05) is 6.07 Å². The van der Waals surface area contributed by atoms with Gasteiger partial charge in [-0.05, 0) is 43.2 Å². The number of benzene rings is 2. The minimum absolute atomic E-state index is 0.196. The van der Waals surface area contributed by atoms with Crippen molar-refractivity contribution in [1.29, 1.82) is 0 Å². The third kappa shape index (κ3) is 4.98. The summed E-state index contributed by atoms with van der Waals surface area (Å²) in [5, 5.41) is 3.69. The molecule has 0 unspecified atom stereocenters. The molecule has 0 atom stereocenters. The summed E-state index contributed by atoms with van der Waals surface area (Å²) in [5.74, 6) is -0.657. The van der Waals surface area contributed by atoms with E-state index in [0.29, 0.717) is 27.7 Å². The van der Waals surface area contributed by atoms with E-state index in [1.165, 1.54) is 0 Å². The van der Waals surface area contributed by atoms with Crippen molar-refractivity contribution >= 4 is 40.8 Å². The number of hydrogen-bond donors (Lipinski definition) is 1. The summed E-state index contributed by atoms with van der Waals surface area (Å²) in [5.41, 5.74) is 1.69. The Balaban J connectivity index is 1.99. The largest absolute Gasteiger partial charge is 0.462 e. The lowest BCUT2D eigenvalue weighted by Gasteiger charge is -2.10. The Morgan fingerprint density at radius 2 is 1.83 bits per heavy atom. The molecule has 2 aromatic carbocycles. The third-order valence-corrected chi connectivity index (χ3v) is 4.06. The number of nitrogens with one attached hydrogen (secondary N) is 1. The zero-order valence-electron chi connectivity index (χ0n) is 13.1. The van der Waals surface area contributed by atoms with Crippen LogP contribution in [0.2, 0.25) is 10.0 Å². The van der Waals surface area contributed by atoms with Crippen LogP contribution in [0.15, 0.2) is 42.5 Å². The van der Waals surface area contributed by atoms with Crippen LogP contribution in [0, 0.1) is 0 Å². The highest BCUT2D eigenvalue weighted by molar-refractivity contribution is 6.42. The van der Waals surface area contributed by atoms with E-state index >= 15 is 0 Å². The highest BCUT2D eigenvalue weighted by Gasteiger charge is 2.14. The van der Waals surface area contributed by atoms with Gasteiger partial charge in [0.05, 0.1) is 27.9 Å². The number of carbonyl (C=O) groups is 2. The molecule has 6 heteroatoms. The predicted molar refractivity (Wildman–Crippen MR) is 95.8 cm³/mol. The average molecular weight is 366 g/mol. The van der Waals surface area contributed by atoms with Crippen molar-refractivity contribution in [2.24, 2.45) is 0 Å². The molecule has 0 bridgehead atoms. The number of halogens is 2. The van der Waals surface area contributed by atoms with Gasteiger partial charge < -0.3 is 10.1 Å². The van der Waals surface area contributed by atoms with E-state index in [2.05, 4.69) is 5.32 Å². The minimum Gasteiger partial charge on any atom is -0.462 e. The molecule has 1 N–H and O–H groups in total. The molecule has 0 aliphatic carbocycles. The summed E-state index contributed by atoms with van der Waals surface area (Å²) >= 11 is 11.8. The van der Waals surface area contributed by atoms with E-state index in [1.54, 1.807) is 43.3 Å². The Bertz CT molecular complexity index is 747. The van der Waals surface area contributed by atoms with E-state index in [9.17, 15) is 9.59 Å². The quantitative estimate of drug-likeness (QED) is 0.752. The Morgan fingerprint density at radius 1 is 1.08 bits per heavy atom. The zero-order valence-corrected chi connectivity index (χ0v) is 14.7. The molecule has 0 saturated heterocycles. The Morgan fingerprint density at radius 3 is 2.54 bits per heavy atom. The maximum atomic E-state index is 12.1. The molecule has 4 nitrogen and oxygen atoms in total. The van der Waals surface area contributed by atoms with Crippen LogP contribution < -0.4 is 5.32 Å². The number of hydrogen-bond acceptors (Lipinski definition) is 3. The molecule has 2 rings (SSSR count). The Labute approximate surface area is 150 Å². The number of aryl methyl sites for hydroxylation is 1. The first-order valence-electron chi connectivity index (χ1n) is 7.51. The van der Waals surface area contributed by atoms with Crippen LogP contribution in [0.5, 0.6) is 0 Å². The summed E-state index contributed by atoms with van der Waals surface area (Å²) in [7, 11) is 0. The van der Waals surface area contributed by atoms with Crippen molar-refractivity contribution in [2.45, 2.75) is 19.8 Å². The standard InChI is InChI=1S/C18H17Cl2NO3/c1-2-24-18(23)13-5-3-4-6-16(13)21-17(22)10-8-12-7-9-14(19)15(20)11-12/h3-7,9,11H,2,8,10H2,1H3,(H,21,22). The van der Waals surface area contributed by atoms with Crippen molar-refractivity contribution in [3.8, 4) is 0 Å². The van der Waals surface area contributed by atoms with Crippen molar-refractivity contribution in [3.63, 3.8) is 0 Å². The summed E-state index contributed by atoms with van der Waals surface area (Å²) in [6.45, 7) is 2.01. The molecular weight excluding hydrogens is 349 g/mol. The number of carbonyl (C=O) groups excluding carboxylic acids is 2. The SMILES string of the molecule is CCOC(=O)c1ccccc1NC(=O)CCc1ccc(Cl)c(Cl)c1. The number of para-hydroxylation sites is 1.